The molecule has 0 saturated carbocycles. The number of nitriles is 1. The predicted molar refractivity (Wildman–Crippen MR) is 153 cm³/mol. The van der Waals surface area contributed by atoms with Gasteiger partial charge in [0.2, 0.25) is 0 Å². The molecule has 0 aliphatic carbocycles. The van der Waals surface area contributed by atoms with Crippen LogP contribution in [0.5, 0.6) is 5.75 Å². The fourth-order valence-corrected chi connectivity index (χ4v) is 6.53. The van der Waals surface area contributed by atoms with Crippen molar-refractivity contribution in [3.8, 4) is 11.8 Å². The minimum atomic E-state index is -0.285. The number of anilines is 1. The second-order valence-corrected chi connectivity index (χ2v) is 11.5. The number of benzene rings is 1. The van der Waals surface area contributed by atoms with E-state index in [0.29, 0.717) is 39.7 Å². The van der Waals surface area contributed by atoms with Crippen LogP contribution < -0.4 is 15.2 Å². The fourth-order valence-electron chi connectivity index (χ4n) is 5.30. The van der Waals surface area contributed by atoms with Crippen molar-refractivity contribution in [1.29, 1.82) is 5.26 Å². The number of ether oxygens (including phenoxy) is 1. The van der Waals surface area contributed by atoms with Gasteiger partial charge in [0.05, 0.1) is 18.6 Å². The van der Waals surface area contributed by atoms with Gasteiger partial charge in [-0.2, -0.15) is 5.26 Å². The topological polar surface area (TPSA) is 78.6 Å². The molecule has 0 bridgehead atoms. The van der Waals surface area contributed by atoms with E-state index in [-0.39, 0.29) is 17.0 Å². The second kappa shape index (κ2) is 11.1. The lowest BCUT2D eigenvalue weighted by Crippen LogP contribution is -2.42. The largest absolute Gasteiger partial charge is 0.497 e. The lowest BCUT2D eigenvalue weighted by molar-refractivity contribution is -0.122. The molecule has 2 aliphatic rings. The van der Waals surface area contributed by atoms with E-state index < -0.39 is 0 Å². The second-order valence-electron chi connectivity index (χ2n) is 9.87. The summed E-state index contributed by atoms with van der Waals surface area (Å²) in [5.74, 6) is 2.29. The SMILES string of the molecule is CCn1c(N2CC(C)CC(C)C2)c(/C=C2/SC(=S)N(Cc3ccc(OC)cc3)C2=O)c(C)c(C#N)c1=O. The van der Waals surface area contributed by atoms with Crippen molar-refractivity contribution in [3.05, 3.63) is 61.8 Å². The van der Waals surface area contributed by atoms with Gasteiger partial charge in [-0.05, 0) is 61.4 Å². The van der Waals surface area contributed by atoms with Gasteiger partial charge in [-0.25, -0.2) is 0 Å². The van der Waals surface area contributed by atoms with Gasteiger partial charge in [0, 0.05) is 25.2 Å². The molecule has 2 unspecified atom stereocenters. The summed E-state index contributed by atoms with van der Waals surface area (Å²) < 4.78 is 7.39. The van der Waals surface area contributed by atoms with Crippen molar-refractivity contribution >= 4 is 46.1 Å². The van der Waals surface area contributed by atoms with Crippen LogP contribution in [0.15, 0.2) is 34.0 Å². The Hall–Kier alpha value is -3.09. The number of nitrogens with zero attached hydrogens (tertiary/aromatic N) is 4. The summed E-state index contributed by atoms with van der Waals surface area (Å²) in [5, 5.41) is 9.82. The van der Waals surface area contributed by atoms with Gasteiger partial charge < -0.3 is 9.64 Å². The van der Waals surface area contributed by atoms with Crippen LogP contribution in [0.3, 0.4) is 0 Å². The lowest BCUT2D eigenvalue weighted by atomic mass is 9.91. The summed E-state index contributed by atoms with van der Waals surface area (Å²) in [5.41, 5.74) is 2.11. The number of thiocarbonyl (C=S) groups is 1. The summed E-state index contributed by atoms with van der Waals surface area (Å²) in [7, 11) is 1.61. The molecule has 3 heterocycles. The highest BCUT2D eigenvalue weighted by Gasteiger charge is 2.34. The maximum absolute atomic E-state index is 13.5. The Labute approximate surface area is 227 Å². The van der Waals surface area contributed by atoms with Crippen molar-refractivity contribution in [3.63, 3.8) is 0 Å². The first-order chi connectivity index (χ1) is 17.7. The number of carbonyl (C=O) groups excluding carboxylic acids is 1. The Morgan fingerprint density at radius 3 is 2.41 bits per heavy atom. The highest BCUT2D eigenvalue weighted by Crippen LogP contribution is 2.38. The molecule has 194 valence electrons. The molecule has 2 aromatic rings. The summed E-state index contributed by atoms with van der Waals surface area (Å²) >= 11 is 6.84. The third-order valence-electron chi connectivity index (χ3n) is 6.98. The van der Waals surface area contributed by atoms with Gasteiger partial charge in [0.25, 0.3) is 11.5 Å². The molecule has 37 heavy (non-hydrogen) atoms. The number of rotatable bonds is 6. The van der Waals surface area contributed by atoms with Crippen molar-refractivity contribution in [1.82, 2.24) is 9.47 Å². The molecule has 4 rings (SSSR count). The molecule has 0 spiro atoms. The fraction of sp³-hybridized carbons (Fsp3) is 0.429. The van der Waals surface area contributed by atoms with E-state index in [2.05, 4.69) is 24.8 Å². The number of methoxy groups -OCH3 is 1. The number of aromatic nitrogens is 1. The summed E-state index contributed by atoms with van der Waals surface area (Å²) in [4.78, 5) is 31.1. The molecule has 1 aromatic carbocycles. The van der Waals surface area contributed by atoms with Gasteiger partial charge in [-0.1, -0.05) is 50.0 Å². The maximum atomic E-state index is 13.5. The lowest BCUT2D eigenvalue weighted by Gasteiger charge is -2.38. The van der Waals surface area contributed by atoms with Gasteiger partial charge in [0.1, 0.15) is 27.5 Å². The maximum Gasteiger partial charge on any atom is 0.270 e. The van der Waals surface area contributed by atoms with Crippen LogP contribution in [0.25, 0.3) is 6.08 Å². The van der Waals surface area contributed by atoms with Crippen LogP contribution in [0.2, 0.25) is 0 Å². The number of amides is 1. The predicted octanol–water partition coefficient (Wildman–Crippen LogP) is 4.94. The first-order valence-corrected chi connectivity index (χ1v) is 13.7. The molecule has 0 N–H and O–H groups in total. The minimum absolute atomic E-state index is 0.115. The van der Waals surface area contributed by atoms with E-state index in [1.807, 2.05) is 37.3 Å². The van der Waals surface area contributed by atoms with Crippen molar-refractivity contribution in [2.24, 2.45) is 11.8 Å². The third-order valence-corrected chi connectivity index (χ3v) is 8.36. The van der Waals surface area contributed by atoms with E-state index in [0.717, 1.165) is 42.2 Å². The van der Waals surface area contributed by atoms with Gasteiger partial charge in [-0.15, -0.1) is 0 Å². The highest BCUT2D eigenvalue weighted by atomic mass is 32.2. The zero-order valence-electron chi connectivity index (χ0n) is 21.9. The minimum Gasteiger partial charge on any atom is -0.497 e. The van der Waals surface area contributed by atoms with Crippen LogP contribution in [-0.4, -0.2) is 39.9 Å². The quantitative estimate of drug-likeness (QED) is 0.382. The number of carbonyl (C=O) groups is 1. The van der Waals surface area contributed by atoms with Crippen molar-refractivity contribution in [2.75, 3.05) is 25.1 Å². The molecule has 1 amide bonds. The molecule has 7 nitrogen and oxygen atoms in total. The van der Waals surface area contributed by atoms with Gasteiger partial charge in [0.15, 0.2) is 0 Å². The Balaban J connectivity index is 1.78. The van der Waals surface area contributed by atoms with E-state index in [1.54, 1.807) is 23.5 Å². The van der Waals surface area contributed by atoms with Gasteiger partial charge >= 0.3 is 0 Å². The normalized spacial score (nSPS) is 21.0. The number of hydrogen-bond donors (Lipinski definition) is 0. The highest BCUT2D eigenvalue weighted by molar-refractivity contribution is 8.26. The summed E-state index contributed by atoms with van der Waals surface area (Å²) in [6.45, 7) is 10.6. The van der Waals surface area contributed by atoms with Crippen LogP contribution in [0.4, 0.5) is 5.82 Å². The zero-order chi connectivity index (χ0) is 26.9. The zero-order valence-corrected chi connectivity index (χ0v) is 23.5. The van der Waals surface area contributed by atoms with Crippen molar-refractivity contribution in [2.45, 2.75) is 47.2 Å². The van der Waals surface area contributed by atoms with Crippen LogP contribution in [0, 0.1) is 30.1 Å². The number of thioether (sulfide) groups is 1. The molecule has 0 radical (unpaired) electrons. The molecule has 2 aliphatic heterocycles. The summed E-state index contributed by atoms with van der Waals surface area (Å²) in [6, 6.07) is 9.65. The van der Waals surface area contributed by atoms with Crippen LogP contribution >= 0.6 is 24.0 Å². The Morgan fingerprint density at radius 2 is 1.84 bits per heavy atom. The van der Waals surface area contributed by atoms with E-state index in [4.69, 9.17) is 17.0 Å². The molecular weight excluding hydrogens is 504 g/mol. The first-order valence-electron chi connectivity index (χ1n) is 12.5. The molecule has 2 fully saturated rings. The van der Waals surface area contributed by atoms with Crippen molar-refractivity contribution < 1.29 is 9.53 Å². The Bertz CT molecular complexity index is 1350. The molecule has 9 heteroatoms. The number of pyridine rings is 1. The molecule has 1 aromatic heterocycles. The molecule has 2 atom stereocenters. The number of piperidine rings is 1. The monoisotopic (exact) mass is 536 g/mol. The Morgan fingerprint density at radius 1 is 1.19 bits per heavy atom. The van der Waals surface area contributed by atoms with Crippen LogP contribution in [-0.2, 0) is 17.9 Å². The third kappa shape index (κ3) is 5.32. The average Bonchev–Trinajstić information content (AvgIpc) is 3.12. The van der Waals surface area contributed by atoms with E-state index in [9.17, 15) is 14.9 Å². The standard InChI is InChI=1S/C28H32N4O3S2/c1-6-31-25(30-14-17(2)11-18(3)15-30)22(19(4)23(13-29)26(31)33)12-24-27(34)32(28(36)37-24)16-20-7-9-21(35-5)10-8-20/h7-10,12,17-18H,6,11,14-16H2,1-5H3/b24-12+. The smallest absolute Gasteiger partial charge is 0.270 e. The van der Waals surface area contributed by atoms with Gasteiger partial charge in [-0.3, -0.25) is 19.1 Å². The van der Waals surface area contributed by atoms with Crippen LogP contribution in [0.1, 0.15) is 49.4 Å². The average molecular weight is 537 g/mol. The molecular formula is C28H32N4O3S2. The van der Waals surface area contributed by atoms with E-state index >= 15 is 0 Å². The van der Waals surface area contributed by atoms with E-state index in [1.165, 1.54) is 11.8 Å². The Kier molecular flexibility index (Phi) is 8.10. The summed E-state index contributed by atoms with van der Waals surface area (Å²) in [6.07, 6.45) is 2.95. The number of hydrogen-bond acceptors (Lipinski definition) is 7. The molecule has 2 saturated heterocycles. The first kappa shape index (κ1) is 27.0.